The zero-order valence-corrected chi connectivity index (χ0v) is 19.0. The van der Waals surface area contributed by atoms with E-state index in [1.165, 1.54) is 16.9 Å². The van der Waals surface area contributed by atoms with Gasteiger partial charge in [0.25, 0.3) is 5.91 Å². The van der Waals surface area contributed by atoms with Crippen molar-refractivity contribution in [2.24, 2.45) is 7.05 Å². The molecule has 0 unspecified atom stereocenters. The standard InChI is InChI=1S/C23H23ClN6O2/c1-13-9-17(24)7-5-16(13)12-30(29(4)14(2)31)23(32)15-6-8-20-18(10-15)21-19(22(25)27-20)11-26-28(21)3/h5-11H,12H2,1-4H3,(H2,25,27). The van der Waals surface area contributed by atoms with Crippen molar-refractivity contribution in [1.29, 1.82) is 0 Å². The predicted octanol–water partition coefficient (Wildman–Crippen LogP) is 3.70. The van der Waals surface area contributed by atoms with Gasteiger partial charge >= 0.3 is 0 Å². The molecule has 0 bridgehead atoms. The van der Waals surface area contributed by atoms with E-state index in [-0.39, 0.29) is 18.4 Å². The Kier molecular flexibility index (Phi) is 5.48. The van der Waals surface area contributed by atoms with Crippen LogP contribution in [0.2, 0.25) is 5.02 Å². The minimum Gasteiger partial charge on any atom is -0.383 e. The second kappa shape index (κ2) is 8.12. The van der Waals surface area contributed by atoms with Crippen LogP contribution in [-0.4, -0.2) is 43.6 Å². The number of rotatable bonds is 3. The van der Waals surface area contributed by atoms with E-state index in [9.17, 15) is 9.59 Å². The van der Waals surface area contributed by atoms with E-state index in [1.807, 2.05) is 26.1 Å². The number of nitrogens with zero attached hydrogens (tertiary/aromatic N) is 5. The number of pyridine rings is 1. The van der Waals surface area contributed by atoms with E-state index in [2.05, 4.69) is 10.1 Å². The van der Waals surface area contributed by atoms with Gasteiger partial charge in [0.1, 0.15) is 5.82 Å². The summed E-state index contributed by atoms with van der Waals surface area (Å²) >= 11 is 6.08. The van der Waals surface area contributed by atoms with Gasteiger partial charge in [-0.3, -0.25) is 19.3 Å². The Morgan fingerprint density at radius 3 is 2.59 bits per heavy atom. The Balaban J connectivity index is 1.81. The van der Waals surface area contributed by atoms with Crippen molar-refractivity contribution in [2.45, 2.75) is 20.4 Å². The number of aryl methyl sites for hydroxylation is 2. The van der Waals surface area contributed by atoms with Crippen molar-refractivity contribution in [3.8, 4) is 0 Å². The maximum Gasteiger partial charge on any atom is 0.272 e. The monoisotopic (exact) mass is 450 g/mol. The zero-order valence-electron chi connectivity index (χ0n) is 18.3. The number of anilines is 1. The number of benzene rings is 2. The Hall–Kier alpha value is -3.65. The molecule has 0 saturated carbocycles. The summed E-state index contributed by atoms with van der Waals surface area (Å²) in [6.07, 6.45) is 1.66. The van der Waals surface area contributed by atoms with Gasteiger partial charge in [0.15, 0.2) is 0 Å². The number of hydrogen-bond acceptors (Lipinski definition) is 5. The fourth-order valence-electron chi connectivity index (χ4n) is 3.72. The summed E-state index contributed by atoms with van der Waals surface area (Å²) in [7, 11) is 3.39. The molecule has 0 radical (unpaired) electrons. The van der Waals surface area contributed by atoms with E-state index in [1.54, 1.807) is 42.2 Å². The molecule has 0 fully saturated rings. The molecule has 0 atom stereocenters. The van der Waals surface area contributed by atoms with Crippen molar-refractivity contribution in [1.82, 2.24) is 24.8 Å². The van der Waals surface area contributed by atoms with Crippen molar-refractivity contribution in [2.75, 3.05) is 12.8 Å². The van der Waals surface area contributed by atoms with Crippen LogP contribution in [0.4, 0.5) is 5.82 Å². The highest BCUT2D eigenvalue weighted by atomic mass is 35.5. The van der Waals surface area contributed by atoms with E-state index < -0.39 is 0 Å². The molecule has 4 rings (SSSR count). The number of aromatic nitrogens is 3. The smallest absolute Gasteiger partial charge is 0.272 e. The fraction of sp³-hybridized carbons (Fsp3) is 0.217. The number of nitrogens with two attached hydrogens (primary N) is 1. The molecule has 2 heterocycles. The van der Waals surface area contributed by atoms with Gasteiger partial charge in [-0.25, -0.2) is 9.99 Å². The van der Waals surface area contributed by atoms with Gasteiger partial charge in [0, 0.05) is 37.0 Å². The zero-order chi connectivity index (χ0) is 23.2. The van der Waals surface area contributed by atoms with Crippen LogP contribution in [0.5, 0.6) is 0 Å². The lowest BCUT2D eigenvalue weighted by molar-refractivity contribution is -0.140. The van der Waals surface area contributed by atoms with Gasteiger partial charge in [-0.2, -0.15) is 5.10 Å². The third-order valence-electron chi connectivity index (χ3n) is 5.63. The Labute approximate surface area is 190 Å². The highest BCUT2D eigenvalue weighted by Crippen LogP contribution is 2.29. The maximum absolute atomic E-state index is 13.6. The molecule has 2 N–H and O–H groups in total. The summed E-state index contributed by atoms with van der Waals surface area (Å²) in [6.45, 7) is 3.56. The Morgan fingerprint density at radius 1 is 1.16 bits per heavy atom. The first-order valence-corrected chi connectivity index (χ1v) is 10.4. The molecule has 32 heavy (non-hydrogen) atoms. The lowest BCUT2D eigenvalue weighted by atomic mass is 10.1. The van der Waals surface area contributed by atoms with E-state index in [4.69, 9.17) is 17.3 Å². The molecule has 2 aromatic carbocycles. The third kappa shape index (κ3) is 3.73. The molecule has 4 aromatic rings. The molecule has 2 aromatic heterocycles. The van der Waals surface area contributed by atoms with Crippen LogP contribution in [0.15, 0.2) is 42.6 Å². The largest absolute Gasteiger partial charge is 0.383 e. The molecule has 0 aliphatic heterocycles. The molecular weight excluding hydrogens is 428 g/mol. The summed E-state index contributed by atoms with van der Waals surface area (Å²) in [5, 5.41) is 9.12. The first kappa shape index (κ1) is 21.6. The van der Waals surface area contributed by atoms with Crippen LogP contribution in [0.1, 0.15) is 28.4 Å². The van der Waals surface area contributed by atoms with Crippen LogP contribution in [0.3, 0.4) is 0 Å². The maximum atomic E-state index is 13.6. The van der Waals surface area contributed by atoms with Crippen molar-refractivity contribution >= 4 is 51.0 Å². The lowest BCUT2D eigenvalue weighted by Gasteiger charge is -2.32. The summed E-state index contributed by atoms with van der Waals surface area (Å²) in [6, 6.07) is 10.7. The van der Waals surface area contributed by atoms with Crippen LogP contribution >= 0.6 is 11.6 Å². The molecule has 0 spiro atoms. The second-order valence-corrected chi connectivity index (χ2v) is 8.17. The van der Waals surface area contributed by atoms with Crippen molar-refractivity contribution in [3.05, 3.63) is 64.3 Å². The average molecular weight is 451 g/mol. The molecule has 2 amide bonds. The Bertz CT molecular complexity index is 1380. The molecule has 0 aliphatic rings. The van der Waals surface area contributed by atoms with Gasteiger partial charge in [-0.15, -0.1) is 0 Å². The summed E-state index contributed by atoms with van der Waals surface area (Å²) < 4.78 is 1.71. The Morgan fingerprint density at radius 2 is 1.91 bits per heavy atom. The van der Waals surface area contributed by atoms with Gasteiger partial charge in [0.2, 0.25) is 5.91 Å². The number of hydrazine groups is 1. The third-order valence-corrected chi connectivity index (χ3v) is 5.87. The fourth-order valence-corrected chi connectivity index (χ4v) is 3.95. The second-order valence-electron chi connectivity index (χ2n) is 7.74. The molecule has 9 heteroatoms. The summed E-state index contributed by atoms with van der Waals surface area (Å²) in [5.74, 6) is -0.184. The van der Waals surface area contributed by atoms with Gasteiger partial charge < -0.3 is 5.73 Å². The number of carbonyl (C=O) groups excluding carboxylic acids is 2. The molecule has 0 saturated heterocycles. The first-order chi connectivity index (χ1) is 15.2. The number of fused-ring (bicyclic) bond motifs is 3. The predicted molar refractivity (Wildman–Crippen MR) is 125 cm³/mol. The first-order valence-electron chi connectivity index (χ1n) is 9.99. The summed E-state index contributed by atoms with van der Waals surface area (Å²) in [5.41, 5.74) is 9.77. The lowest BCUT2D eigenvalue weighted by Crippen LogP contribution is -2.46. The normalized spacial score (nSPS) is 11.2. The highest BCUT2D eigenvalue weighted by Gasteiger charge is 2.24. The molecule has 8 nitrogen and oxygen atoms in total. The molecular formula is C23H23ClN6O2. The molecule has 0 aliphatic carbocycles. The molecule has 164 valence electrons. The van der Waals surface area contributed by atoms with Crippen LogP contribution in [-0.2, 0) is 18.4 Å². The average Bonchev–Trinajstić information content (AvgIpc) is 3.14. The van der Waals surface area contributed by atoms with Gasteiger partial charge in [-0.1, -0.05) is 17.7 Å². The van der Waals surface area contributed by atoms with Gasteiger partial charge in [-0.05, 0) is 48.4 Å². The van der Waals surface area contributed by atoms with Crippen LogP contribution in [0, 0.1) is 6.92 Å². The van der Waals surface area contributed by atoms with Crippen LogP contribution in [0.25, 0.3) is 21.8 Å². The summed E-state index contributed by atoms with van der Waals surface area (Å²) in [4.78, 5) is 30.2. The minimum atomic E-state index is -0.314. The highest BCUT2D eigenvalue weighted by molar-refractivity contribution is 6.30. The van der Waals surface area contributed by atoms with Gasteiger partial charge in [0.05, 0.1) is 29.2 Å². The number of hydrogen-bond donors (Lipinski definition) is 1. The number of carbonyl (C=O) groups is 2. The number of nitrogen functional groups attached to an aromatic ring is 1. The van der Waals surface area contributed by atoms with E-state index in [0.29, 0.717) is 21.9 Å². The van der Waals surface area contributed by atoms with Crippen molar-refractivity contribution < 1.29 is 9.59 Å². The minimum absolute atomic E-state index is 0.219. The SMILES string of the molecule is CC(=O)N(C)N(Cc1ccc(Cl)cc1C)C(=O)c1ccc2nc(N)c3cnn(C)c3c2c1. The quantitative estimate of drug-likeness (QED) is 0.480. The number of amides is 2. The number of halogens is 1. The topological polar surface area (TPSA) is 97.3 Å². The van der Waals surface area contributed by atoms with E-state index >= 15 is 0 Å². The van der Waals surface area contributed by atoms with Crippen LogP contribution < -0.4 is 5.73 Å². The van der Waals surface area contributed by atoms with Crippen molar-refractivity contribution in [3.63, 3.8) is 0 Å². The van der Waals surface area contributed by atoms with E-state index in [0.717, 1.165) is 27.4 Å².